The van der Waals surface area contributed by atoms with E-state index < -0.39 is 67.7 Å². The Morgan fingerprint density at radius 2 is 1.53 bits per heavy atom. The molecule has 1 aliphatic heterocycles. The molecule has 4 rings (SSSR count). The number of amides is 5. The van der Waals surface area contributed by atoms with Gasteiger partial charge in [0.1, 0.15) is 18.1 Å². The molecule has 4 aliphatic rings. The standard InChI is InChI=1S/C34H63BN8O8/c1-5-6-7-8-9-10-11-15-25(45)39-19-26(46)41-27(20(2)44)31(48)42-29(37)32(49)40-23(14-12-13-16-36)30(47)43-33(38)35-50-24-18-21-17-22(28(24)51-35)34(21,3)4/h20-24,27-29,33,44H,5-19,36-38H2,1-4H3,(H,39,45)(H,40,49)(H,41,46)(H,42,48)(H,43,47). The fourth-order valence-corrected chi connectivity index (χ4v) is 7.34. The Labute approximate surface area is 302 Å². The van der Waals surface area contributed by atoms with Gasteiger partial charge in [-0.3, -0.25) is 24.0 Å². The van der Waals surface area contributed by atoms with Crippen molar-refractivity contribution in [1.29, 1.82) is 0 Å². The average Bonchev–Trinajstić information content (AvgIpc) is 3.53. The first-order valence-electron chi connectivity index (χ1n) is 18.9. The van der Waals surface area contributed by atoms with Crippen LogP contribution in [-0.4, -0.2) is 97.5 Å². The number of hydrogen-bond acceptors (Lipinski definition) is 11. The van der Waals surface area contributed by atoms with Crippen LogP contribution in [0.4, 0.5) is 0 Å². The number of carbonyl (C=O) groups excluding carboxylic acids is 5. The van der Waals surface area contributed by atoms with Crippen LogP contribution in [0.1, 0.15) is 111 Å². The highest BCUT2D eigenvalue weighted by molar-refractivity contribution is 6.47. The second-order valence-corrected chi connectivity index (χ2v) is 15.0. The number of aliphatic hydroxyl groups is 1. The summed E-state index contributed by atoms with van der Waals surface area (Å²) >= 11 is 0. The van der Waals surface area contributed by atoms with Crippen LogP contribution in [0.25, 0.3) is 0 Å². The van der Waals surface area contributed by atoms with Crippen molar-refractivity contribution in [2.24, 2.45) is 34.5 Å². The lowest BCUT2D eigenvalue weighted by molar-refractivity contribution is -0.150. The fourth-order valence-electron chi connectivity index (χ4n) is 7.34. The number of hydrogen-bond donors (Lipinski definition) is 9. The first-order valence-corrected chi connectivity index (χ1v) is 18.9. The smallest absolute Gasteiger partial charge is 0.403 e. The summed E-state index contributed by atoms with van der Waals surface area (Å²) in [5.41, 5.74) is 18.1. The maximum absolute atomic E-state index is 13.3. The molecule has 3 saturated carbocycles. The molecule has 0 spiro atoms. The van der Waals surface area contributed by atoms with E-state index in [0.29, 0.717) is 37.6 Å². The van der Waals surface area contributed by atoms with Gasteiger partial charge in [0, 0.05) is 6.42 Å². The molecule has 3 aliphatic carbocycles. The maximum Gasteiger partial charge on any atom is 0.496 e. The van der Waals surface area contributed by atoms with E-state index in [2.05, 4.69) is 47.4 Å². The van der Waals surface area contributed by atoms with E-state index >= 15 is 0 Å². The van der Waals surface area contributed by atoms with Crippen molar-refractivity contribution < 1.29 is 38.4 Å². The zero-order chi connectivity index (χ0) is 37.7. The van der Waals surface area contributed by atoms with Crippen LogP contribution in [0.2, 0.25) is 0 Å². The molecule has 1 saturated heterocycles. The lowest BCUT2D eigenvalue weighted by atomic mass is 9.47. The van der Waals surface area contributed by atoms with Gasteiger partial charge in [0.05, 0.1) is 24.9 Å². The van der Waals surface area contributed by atoms with E-state index in [1.807, 2.05) is 0 Å². The van der Waals surface area contributed by atoms with E-state index in [1.54, 1.807) is 0 Å². The molecule has 290 valence electrons. The minimum atomic E-state index is -1.63. The second kappa shape index (κ2) is 20.4. The third kappa shape index (κ3) is 12.4. The normalized spacial score (nSPS) is 24.5. The SMILES string of the molecule is CCCCCCCCCC(=O)NCC(=O)NC(C(=O)NC(N)C(=O)NC(CCCCN)C(=O)NC(N)B1OC2CC3CC(C2O1)C3(C)C)C(C)O. The number of nitrogens with one attached hydrogen (secondary N) is 5. The Balaban J connectivity index is 1.46. The zero-order valence-corrected chi connectivity index (χ0v) is 30.9. The summed E-state index contributed by atoms with van der Waals surface area (Å²) in [6.07, 6.45) is 7.81. The predicted molar refractivity (Wildman–Crippen MR) is 192 cm³/mol. The highest BCUT2D eigenvalue weighted by atomic mass is 16.7. The van der Waals surface area contributed by atoms with Crippen LogP contribution in [0.15, 0.2) is 0 Å². The number of unbranched alkanes of at least 4 members (excludes halogenated alkanes) is 7. The summed E-state index contributed by atoms with van der Waals surface area (Å²) in [5, 5.41) is 22.6. The molecule has 9 unspecified atom stereocenters. The van der Waals surface area contributed by atoms with E-state index in [1.165, 1.54) is 26.2 Å². The Morgan fingerprint density at radius 3 is 2.18 bits per heavy atom. The van der Waals surface area contributed by atoms with Crippen LogP contribution >= 0.6 is 0 Å². The van der Waals surface area contributed by atoms with Gasteiger partial charge in [-0.2, -0.15) is 0 Å². The van der Waals surface area contributed by atoms with Crippen molar-refractivity contribution in [3.05, 3.63) is 0 Å². The zero-order valence-electron chi connectivity index (χ0n) is 30.9. The molecule has 12 N–H and O–H groups in total. The molecule has 1 heterocycles. The maximum atomic E-state index is 13.3. The minimum absolute atomic E-state index is 0.0786. The molecule has 5 amide bonds. The summed E-state index contributed by atoms with van der Waals surface area (Å²) in [5.74, 6) is -2.46. The largest absolute Gasteiger partial charge is 0.496 e. The van der Waals surface area contributed by atoms with Crippen molar-refractivity contribution in [2.75, 3.05) is 13.1 Å². The number of aliphatic hydroxyl groups excluding tert-OH is 1. The Bertz CT molecular complexity index is 1180. The van der Waals surface area contributed by atoms with Gasteiger partial charge in [-0.05, 0) is 69.2 Å². The molecule has 0 radical (unpaired) electrons. The first-order chi connectivity index (χ1) is 24.2. The van der Waals surface area contributed by atoms with Gasteiger partial charge >= 0.3 is 7.12 Å². The lowest BCUT2D eigenvalue weighted by Gasteiger charge is -2.60. The molecule has 0 aromatic carbocycles. The predicted octanol–water partition coefficient (Wildman–Crippen LogP) is -0.598. The van der Waals surface area contributed by atoms with Crippen molar-refractivity contribution in [3.63, 3.8) is 0 Å². The van der Waals surface area contributed by atoms with Gasteiger partial charge in [0.25, 0.3) is 5.91 Å². The van der Waals surface area contributed by atoms with Crippen molar-refractivity contribution in [2.45, 2.75) is 154 Å². The lowest BCUT2D eigenvalue weighted by Crippen LogP contribution is -2.63. The highest BCUT2D eigenvalue weighted by Gasteiger charge is 2.62. The molecule has 2 bridgehead atoms. The minimum Gasteiger partial charge on any atom is -0.403 e. The molecule has 0 aromatic heterocycles. The quantitative estimate of drug-likeness (QED) is 0.0365. The van der Waals surface area contributed by atoms with Crippen molar-refractivity contribution in [1.82, 2.24) is 26.6 Å². The Kier molecular flexibility index (Phi) is 17.1. The molecule has 9 atom stereocenters. The fraction of sp³-hybridized carbons (Fsp3) is 0.853. The molecule has 4 fully saturated rings. The van der Waals surface area contributed by atoms with Crippen LogP contribution in [0.5, 0.6) is 0 Å². The molecule has 0 aromatic rings. The Hall–Kier alpha value is -2.83. The van der Waals surface area contributed by atoms with Crippen molar-refractivity contribution >= 4 is 36.7 Å². The molecular weight excluding hydrogens is 659 g/mol. The van der Waals surface area contributed by atoms with Crippen LogP contribution in [0, 0.1) is 17.3 Å². The first kappa shape index (κ1) is 42.6. The van der Waals surface area contributed by atoms with E-state index in [4.69, 9.17) is 26.5 Å². The van der Waals surface area contributed by atoms with Gasteiger partial charge < -0.3 is 58.2 Å². The van der Waals surface area contributed by atoms with Gasteiger partial charge in [-0.1, -0.05) is 59.3 Å². The second-order valence-electron chi connectivity index (χ2n) is 15.0. The average molecular weight is 723 g/mol. The topological polar surface area (TPSA) is 262 Å². The number of carbonyl (C=O) groups is 5. The molecule has 17 heteroatoms. The van der Waals surface area contributed by atoms with E-state index in [-0.39, 0.29) is 36.4 Å². The third-order valence-corrected chi connectivity index (χ3v) is 10.7. The van der Waals surface area contributed by atoms with Crippen molar-refractivity contribution in [3.8, 4) is 0 Å². The van der Waals surface area contributed by atoms with Gasteiger partial charge in [0.2, 0.25) is 23.6 Å². The van der Waals surface area contributed by atoms with Gasteiger partial charge in [-0.15, -0.1) is 0 Å². The van der Waals surface area contributed by atoms with E-state index in [9.17, 15) is 29.1 Å². The molecule has 51 heavy (non-hydrogen) atoms. The monoisotopic (exact) mass is 722 g/mol. The summed E-state index contributed by atoms with van der Waals surface area (Å²) < 4.78 is 12.3. The van der Waals surface area contributed by atoms with Gasteiger partial charge in [0.15, 0.2) is 6.17 Å². The molecule has 16 nitrogen and oxygen atoms in total. The highest BCUT2D eigenvalue weighted by Crippen LogP contribution is 2.61. The van der Waals surface area contributed by atoms with Crippen LogP contribution in [-0.2, 0) is 33.3 Å². The summed E-state index contributed by atoms with van der Waals surface area (Å²) in [6, 6.07) is -3.53. The third-order valence-electron chi connectivity index (χ3n) is 10.7. The van der Waals surface area contributed by atoms with Crippen LogP contribution < -0.4 is 43.8 Å². The summed E-state index contributed by atoms with van der Waals surface area (Å²) in [4.78, 5) is 64.0. The Morgan fingerprint density at radius 1 is 0.843 bits per heavy atom. The number of nitrogens with two attached hydrogens (primary N) is 3. The molecular formula is C34H63BN8O8. The van der Waals surface area contributed by atoms with E-state index in [0.717, 1.165) is 32.1 Å². The van der Waals surface area contributed by atoms with Crippen LogP contribution in [0.3, 0.4) is 0 Å². The number of rotatable bonds is 23. The summed E-state index contributed by atoms with van der Waals surface area (Å²) in [7, 11) is -0.841. The summed E-state index contributed by atoms with van der Waals surface area (Å²) in [6.45, 7) is 7.91. The van der Waals surface area contributed by atoms with Gasteiger partial charge in [-0.25, -0.2) is 0 Å².